The van der Waals surface area contributed by atoms with E-state index in [-0.39, 0.29) is 12.1 Å². The fourth-order valence-corrected chi connectivity index (χ4v) is 7.83. The summed E-state index contributed by atoms with van der Waals surface area (Å²) in [6.07, 6.45) is 3.15. The highest BCUT2D eigenvalue weighted by Crippen LogP contribution is 2.41. The van der Waals surface area contributed by atoms with E-state index in [9.17, 15) is 8.42 Å². The molecule has 2 atom stereocenters. The van der Waals surface area contributed by atoms with E-state index < -0.39 is 10.0 Å². The number of hydrogen-bond donors (Lipinski definition) is 2. The lowest BCUT2D eigenvalue weighted by atomic mass is 10.1. The first-order chi connectivity index (χ1) is 20.0. The molecular formula is C31H29N7O2S. The molecule has 10 heteroatoms. The van der Waals surface area contributed by atoms with Crippen LogP contribution in [0.25, 0.3) is 22.0 Å². The number of nitrogens with one attached hydrogen (secondary N) is 2. The highest BCUT2D eigenvalue weighted by Gasteiger charge is 2.49. The zero-order valence-electron chi connectivity index (χ0n) is 22.3. The van der Waals surface area contributed by atoms with Crippen LogP contribution in [0.2, 0.25) is 0 Å². The van der Waals surface area contributed by atoms with Crippen molar-refractivity contribution in [3.05, 3.63) is 90.6 Å². The predicted molar refractivity (Wildman–Crippen MR) is 159 cm³/mol. The van der Waals surface area contributed by atoms with Crippen LogP contribution in [0.15, 0.2) is 89.8 Å². The van der Waals surface area contributed by atoms with Gasteiger partial charge in [-0.1, -0.05) is 54.6 Å². The highest BCUT2D eigenvalue weighted by molar-refractivity contribution is 7.89. The summed E-state index contributed by atoms with van der Waals surface area (Å²) >= 11 is 0. The summed E-state index contributed by atoms with van der Waals surface area (Å²) < 4.78 is 29.0. The van der Waals surface area contributed by atoms with Gasteiger partial charge in [0, 0.05) is 48.2 Å². The van der Waals surface area contributed by atoms with E-state index in [4.69, 9.17) is 9.97 Å². The fourth-order valence-electron chi connectivity index (χ4n) is 6.17. The molecule has 0 radical (unpaired) electrons. The fraction of sp³-hybridized carbons (Fsp3) is 0.258. The van der Waals surface area contributed by atoms with Crippen LogP contribution in [0.1, 0.15) is 30.9 Å². The van der Waals surface area contributed by atoms with Crippen LogP contribution in [0.4, 0.5) is 17.6 Å². The van der Waals surface area contributed by atoms with Crippen LogP contribution in [0.3, 0.4) is 0 Å². The Balaban J connectivity index is 1.04. The molecule has 41 heavy (non-hydrogen) atoms. The molecule has 2 bridgehead atoms. The average molecular weight is 564 g/mol. The third kappa shape index (κ3) is 4.34. The molecule has 2 saturated heterocycles. The van der Waals surface area contributed by atoms with Gasteiger partial charge in [0.1, 0.15) is 5.82 Å². The number of benzene rings is 3. The topological polar surface area (TPSA) is 107 Å². The maximum Gasteiger partial charge on any atom is 0.243 e. The number of H-pyrrole nitrogens is 1. The van der Waals surface area contributed by atoms with Crippen molar-refractivity contribution in [3.63, 3.8) is 0 Å². The molecule has 1 saturated carbocycles. The van der Waals surface area contributed by atoms with Crippen molar-refractivity contribution >= 4 is 38.5 Å². The van der Waals surface area contributed by atoms with E-state index >= 15 is 0 Å². The second-order valence-electron chi connectivity index (χ2n) is 11.2. The number of para-hydroxylation sites is 1. The molecule has 3 aromatic carbocycles. The Morgan fingerprint density at radius 3 is 2.34 bits per heavy atom. The van der Waals surface area contributed by atoms with Gasteiger partial charge in [0.05, 0.1) is 10.4 Å². The molecule has 8 rings (SSSR count). The molecule has 206 valence electrons. The molecule has 2 aromatic heterocycles. The lowest BCUT2D eigenvalue weighted by Crippen LogP contribution is -2.49. The zero-order chi connectivity index (χ0) is 27.6. The summed E-state index contributed by atoms with van der Waals surface area (Å²) in [6, 6.07) is 27.0. The summed E-state index contributed by atoms with van der Waals surface area (Å²) in [6.45, 7) is 0.967. The van der Waals surface area contributed by atoms with Crippen molar-refractivity contribution in [2.45, 2.75) is 42.2 Å². The van der Waals surface area contributed by atoms with Crippen LogP contribution in [0, 0.1) is 0 Å². The third-order valence-electron chi connectivity index (χ3n) is 8.47. The summed E-state index contributed by atoms with van der Waals surface area (Å²) in [5.41, 5.74) is 4.05. The van der Waals surface area contributed by atoms with Crippen LogP contribution in [-0.2, 0) is 10.0 Å². The Kier molecular flexibility index (Phi) is 5.61. The Labute approximate surface area is 238 Å². The zero-order valence-corrected chi connectivity index (χ0v) is 23.1. The van der Waals surface area contributed by atoms with Gasteiger partial charge in [0.2, 0.25) is 16.0 Å². The van der Waals surface area contributed by atoms with Gasteiger partial charge in [-0.15, -0.1) is 0 Å². The Morgan fingerprint density at radius 1 is 0.829 bits per heavy atom. The second-order valence-corrected chi connectivity index (χ2v) is 13.0. The number of hydrogen-bond acceptors (Lipinski definition) is 7. The molecule has 3 aliphatic rings. The van der Waals surface area contributed by atoms with Crippen molar-refractivity contribution in [1.29, 1.82) is 0 Å². The van der Waals surface area contributed by atoms with E-state index in [1.165, 1.54) is 12.8 Å². The molecule has 4 heterocycles. The smallest absolute Gasteiger partial charge is 0.243 e. The van der Waals surface area contributed by atoms with E-state index in [0.29, 0.717) is 35.7 Å². The van der Waals surface area contributed by atoms with Gasteiger partial charge in [0.25, 0.3) is 0 Å². The van der Waals surface area contributed by atoms with E-state index in [0.717, 1.165) is 40.0 Å². The van der Waals surface area contributed by atoms with Crippen molar-refractivity contribution in [3.8, 4) is 11.1 Å². The van der Waals surface area contributed by atoms with Crippen LogP contribution >= 0.6 is 0 Å². The highest BCUT2D eigenvalue weighted by atomic mass is 32.2. The SMILES string of the molecule is O=S(=O)(c1ccc(-c2ccccc2)cc1)N1CC2CC1CN2c1nc(Nc2cc(C3CC3)[nH]n2)c2ccccc2n1. The summed E-state index contributed by atoms with van der Waals surface area (Å²) in [7, 11) is -3.62. The van der Waals surface area contributed by atoms with Crippen LogP contribution < -0.4 is 10.2 Å². The van der Waals surface area contributed by atoms with Gasteiger partial charge in [0.15, 0.2) is 5.82 Å². The molecular weight excluding hydrogens is 534 g/mol. The first kappa shape index (κ1) is 24.5. The molecule has 2 unspecified atom stereocenters. The van der Waals surface area contributed by atoms with Gasteiger partial charge in [-0.05, 0) is 54.7 Å². The Morgan fingerprint density at radius 2 is 1.59 bits per heavy atom. The number of piperazine rings is 1. The number of aromatic nitrogens is 4. The van der Waals surface area contributed by atoms with Crippen molar-refractivity contribution in [2.75, 3.05) is 23.3 Å². The Bertz CT molecular complexity index is 1850. The van der Waals surface area contributed by atoms with Crippen molar-refractivity contribution in [2.24, 2.45) is 0 Å². The van der Waals surface area contributed by atoms with Crippen LogP contribution in [-0.4, -0.2) is 58.1 Å². The van der Waals surface area contributed by atoms with E-state index in [2.05, 4.69) is 26.5 Å². The minimum absolute atomic E-state index is 0.0132. The lowest BCUT2D eigenvalue weighted by molar-refractivity contribution is 0.367. The number of rotatable bonds is 7. The molecule has 3 fully saturated rings. The number of nitrogens with zero attached hydrogens (tertiary/aromatic N) is 5. The van der Waals surface area contributed by atoms with Crippen molar-refractivity contribution in [1.82, 2.24) is 24.5 Å². The summed E-state index contributed by atoms with van der Waals surface area (Å²) in [5.74, 6) is 2.63. The maximum atomic E-state index is 13.7. The maximum absolute atomic E-state index is 13.7. The van der Waals surface area contributed by atoms with Gasteiger partial charge in [-0.3, -0.25) is 5.10 Å². The average Bonchev–Trinajstić information content (AvgIpc) is 3.40. The normalized spacial score (nSPS) is 20.6. The molecule has 0 spiro atoms. The summed E-state index contributed by atoms with van der Waals surface area (Å²) in [4.78, 5) is 12.3. The van der Waals surface area contributed by atoms with E-state index in [1.54, 1.807) is 16.4 Å². The first-order valence-corrected chi connectivity index (χ1v) is 15.5. The monoisotopic (exact) mass is 563 g/mol. The molecule has 5 aromatic rings. The number of fused-ring (bicyclic) bond motifs is 3. The lowest BCUT2D eigenvalue weighted by Gasteiger charge is -2.33. The quantitative estimate of drug-likeness (QED) is 0.277. The molecule has 0 amide bonds. The predicted octanol–water partition coefficient (Wildman–Crippen LogP) is 5.29. The Hall–Kier alpha value is -4.28. The molecule has 2 N–H and O–H groups in total. The summed E-state index contributed by atoms with van der Waals surface area (Å²) in [5, 5.41) is 11.9. The number of anilines is 3. The first-order valence-electron chi connectivity index (χ1n) is 14.1. The third-order valence-corrected chi connectivity index (χ3v) is 10.4. The van der Waals surface area contributed by atoms with E-state index in [1.807, 2.05) is 66.7 Å². The molecule has 1 aliphatic carbocycles. The van der Waals surface area contributed by atoms with Crippen LogP contribution in [0.5, 0.6) is 0 Å². The van der Waals surface area contributed by atoms with Crippen molar-refractivity contribution < 1.29 is 8.42 Å². The van der Waals surface area contributed by atoms with Gasteiger partial charge in [-0.25, -0.2) is 13.4 Å². The molecule has 9 nitrogen and oxygen atoms in total. The molecule has 2 aliphatic heterocycles. The van der Waals surface area contributed by atoms with Gasteiger partial charge < -0.3 is 10.2 Å². The second kappa shape index (κ2) is 9.39. The van der Waals surface area contributed by atoms with Gasteiger partial charge in [-0.2, -0.15) is 14.4 Å². The largest absolute Gasteiger partial charge is 0.335 e. The number of aromatic amines is 1. The number of sulfonamides is 1. The minimum Gasteiger partial charge on any atom is -0.335 e. The minimum atomic E-state index is -3.62. The standard InChI is InChI=1S/C31H29N7O2S/c39-41(40,25-14-12-21(13-15-25)20-6-2-1-3-7-20)38-19-23-16-24(38)18-37(23)31-32-27-9-5-4-8-26(27)30(34-31)33-29-17-28(35-36-29)22-10-11-22/h1-9,12-15,17,22-24H,10-11,16,18-19H2,(H2,32,33,34,35,36). The van der Waals surface area contributed by atoms with Gasteiger partial charge >= 0.3 is 0 Å².